The number of methoxy groups -OCH3 is 1. The molecule has 0 bridgehead atoms. The zero-order chi connectivity index (χ0) is 19.4. The smallest absolute Gasteiger partial charge is 0.411 e. The van der Waals surface area contributed by atoms with Gasteiger partial charge in [0.25, 0.3) is 0 Å². The summed E-state index contributed by atoms with van der Waals surface area (Å²) in [6.45, 7) is 1.69. The first-order chi connectivity index (χ1) is 13.0. The lowest BCUT2D eigenvalue weighted by atomic mass is 9.97. The molecule has 1 heterocycles. The van der Waals surface area contributed by atoms with Crippen molar-refractivity contribution in [3.63, 3.8) is 0 Å². The molecule has 0 unspecified atom stereocenters. The number of aryl methyl sites for hydroxylation is 1. The van der Waals surface area contributed by atoms with Gasteiger partial charge in [0.05, 0.1) is 29.0 Å². The van der Waals surface area contributed by atoms with E-state index in [1.165, 1.54) is 7.11 Å². The Hall–Kier alpha value is -3.74. The number of amides is 1. The highest BCUT2D eigenvalue weighted by molar-refractivity contribution is 5.98. The van der Waals surface area contributed by atoms with Gasteiger partial charge in [0, 0.05) is 5.56 Å². The van der Waals surface area contributed by atoms with Gasteiger partial charge in [-0.05, 0) is 12.5 Å². The quantitative estimate of drug-likeness (QED) is 0.530. The van der Waals surface area contributed by atoms with Crippen molar-refractivity contribution in [2.45, 2.75) is 6.92 Å². The van der Waals surface area contributed by atoms with Crippen LogP contribution >= 0.6 is 0 Å². The van der Waals surface area contributed by atoms with E-state index in [-0.39, 0.29) is 22.6 Å². The first-order valence-electron chi connectivity index (χ1n) is 8.17. The van der Waals surface area contributed by atoms with Gasteiger partial charge in [-0.3, -0.25) is 15.4 Å². The molecular formula is C20H17N3O4. The number of nitro groups is 1. The average Bonchev–Trinajstić information content (AvgIpc) is 2.69. The molecule has 0 aliphatic rings. The summed E-state index contributed by atoms with van der Waals surface area (Å²) in [7, 11) is 1.23. The van der Waals surface area contributed by atoms with Crippen molar-refractivity contribution in [2.75, 3.05) is 12.4 Å². The van der Waals surface area contributed by atoms with Crippen molar-refractivity contribution in [1.29, 1.82) is 0 Å². The van der Waals surface area contributed by atoms with Crippen LogP contribution in [0.3, 0.4) is 0 Å². The van der Waals surface area contributed by atoms with Gasteiger partial charge in [-0.25, -0.2) is 9.78 Å². The number of nitrogens with zero attached hydrogens (tertiary/aromatic N) is 2. The Morgan fingerprint density at radius 2 is 1.59 bits per heavy atom. The van der Waals surface area contributed by atoms with Crippen LogP contribution in [0.1, 0.15) is 5.69 Å². The molecule has 0 aliphatic carbocycles. The monoisotopic (exact) mass is 363 g/mol. The zero-order valence-electron chi connectivity index (χ0n) is 14.8. The number of hydrogen-bond acceptors (Lipinski definition) is 5. The van der Waals surface area contributed by atoms with Crippen molar-refractivity contribution in [3.05, 3.63) is 76.5 Å². The third-order valence-electron chi connectivity index (χ3n) is 4.06. The van der Waals surface area contributed by atoms with Crippen molar-refractivity contribution in [3.8, 4) is 22.4 Å². The van der Waals surface area contributed by atoms with E-state index in [2.05, 4.69) is 15.0 Å². The topological polar surface area (TPSA) is 94.4 Å². The summed E-state index contributed by atoms with van der Waals surface area (Å²) in [6, 6.07) is 17.8. The van der Waals surface area contributed by atoms with Gasteiger partial charge in [-0.2, -0.15) is 0 Å². The van der Waals surface area contributed by atoms with E-state index in [0.29, 0.717) is 16.8 Å². The highest BCUT2D eigenvalue weighted by Crippen LogP contribution is 2.43. The van der Waals surface area contributed by atoms with Crippen molar-refractivity contribution in [1.82, 2.24) is 4.98 Å². The van der Waals surface area contributed by atoms with E-state index >= 15 is 0 Å². The summed E-state index contributed by atoms with van der Waals surface area (Å²) in [4.78, 5) is 27.8. The number of aromatic nitrogens is 1. The molecule has 136 valence electrons. The number of nitrogens with one attached hydrogen (secondary N) is 1. The van der Waals surface area contributed by atoms with Crippen LogP contribution < -0.4 is 5.32 Å². The molecule has 3 aromatic rings. The van der Waals surface area contributed by atoms with E-state index in [0.717, 1.165) is 0 Å². The SMILES string of the molecule is COC(=O)Nc1c(C)nc(-c2ccccc2)c([N+](=O)[O-])c1-c1ccccc1. The standard InChI is InChI=1S/C20H17N3O4/c1-13-17(22-20(24)27-2)16(14-9-5-3-6-10-14)19(23(25)26)18(21-13)15-11-7-4-8-12-15/h3-12H,1-2H3,(H,22,24). The van der Waals surface area contributed by atoms with Gasteiger partial charge in [0.15, 0.2) is 0 Å². The summed E-state index contributed by atoms with van der Waals surface area (Å²) in [5.74, 6) is 0. The van der Waals surface area contributed by atoms with Crippen LogP contribution in [0.5, 0.6) is 0 Å². The van der Waals surface area contributed by atoms with Gasteiger partial charge in [-0.15, -0.1) is 0 Å². The minimum Gasteiger partial charge on any atom is -0.453 e. The number of anilines is 1. The lowest BCUT2D eigenvalue weighted by Crippen LogP contribution is -2.15. The molecule has 0 saturated heterocycles. The van der Waals surface area contributed by atoms with Crippen molar-refractivity contribution in [2.24, 2.45) is 0 Å². The number of ether oxygens (including phenoxy) is 1. The summed E-state index contributed by atoms with van der Waals surface area (Å²) < 4.78 is 4.67. The highest BCUT2D eigenvalue weighted by atomic mass is 16.6. The maximum absolute atomic E-state index is 12.0. The summed E-state index contributed by atoms with van der Waals surface area (Å²) in [5, 5.41) is 14.6. The second kappa shape index (κ2) is 7.65. The van der Waals surface area contributed by atoms with Crippen molar-refractivity contribution >= 4 is 17.5 Å². The molecule has 1 N–H and O–H groups in total. The Morgan fingerprint density at radius 1 is 1.04 bits per heavy atom. The molecule has 2 aromatic carbocycles. The number of rotatable bonds is 4. The van der Waals surface area contributed by atoms with Crippen molar-refractivity contribution < 1.29 is 14.5 Å². The normalized spacial score (nSPS) is 10.3. The number of carbonyl (C=O) groups is 1. The largest absolute Gasteiger partial charge is 0.453 e. The zero-order valence-corrected chi connectivity index (χ0v) is 14.8. The number of hydrogen-bond donors (Lipinski definition) is 1. The van der Waals surface area contributed by atoms with E-state index in [4.69, 9.17) is 0 Å². The van der Waals surface area contributed by atoms with Crippen LogP contribution in [-0.4, -0.2) is 23.1 Å². The first-order valence-corrected chi connectivity index (χ1v) is 8.17. The Labute approximate surface area is 155 Å². The van der Waals surface area contributed by atoms with Crippen LogP contribution in [0, 0.1) is 17.0 Å². The van der Waals surface area contributed by atoms with E-state index in [1.54, 1.807) is 55.5 Å². The molecule has 0 atom stereocenters. The van der Waals surface area contributed by atoms with Gasteiger partial charge < -0.3 is 4.74 Å². The lowest BCUT2D eigenvalue weighted by Gasteiger charge is -2.16. The molecule has 0 saturated carbocycles. The molecule has 7 heteroatoms. The van der Waals surface area contributed by atoms with E-state index in [1.807, 2.05) is 12.1 Å². The number of carbonyl (C=O) groups excluding carboxylic acids is 1. The molecule has 27 heavy (non-hydrogen) atoms. The molecule has 0 spiro atoms. The van der Waals surface area contributed by atoms with Crippen LogP contribution in [0.2, 0.25) is 0 Å². The number of benzene rings is 2. The van der Waals surface area contributed by atoms with Gasteiger partial charge in [0.2, 0.25) is 0 Å². The number of pyridine rings is 1. The lowest BCUT2D eigenvalue weighted by molar-refractivity contribution is -0.383. The average molecular weight is 363 g/mol. The van der Waals surface area contributed by atoms with Crippen LogP contribution in [0.25, 0.3) is 22.4 Å². The molecule has 1 aromatic heterocycles. The Bertz CT molecular complexity index is 989. The van der Waals surface area contributed by atoms with Crippen LogP contribution in [0.4, 0.5) is 16.2 Å². The third kappa shape index (κ3) is 3.62. The second-order valence-corrected chi connectivity index (χ2v) is 5.75. The molecule has 1 amide bonds. The van der Waals surface area contributed by atoms with Crippen LogP contribution in [-0.2, 0) is 4.74 Å². The first kappa shape index (κ1) is 18.1. The maximum Gasteiger partial charge on any atom is 0.411 e. The minimum absolute atomic E-state index is 0.176. The van der Waals surface area contributed by atoms with Gasteiger partial charge in [0.1, 0.15) is 5.69 Å². The predicted octanol–water partition coefficient (Wildman–Crippen LogP) is 4.81. The fourth-order valence-corrected chi connectivity index (χ4v) is 2.86. The molecule has 0 aliphatic heterocycles. The highest BCUT2D eigenvalue weighted by Gasteiger charge is 2.29. The minimum atomic E-state index is -0.723. The molecule has 0 radical (unpaired) electrons. The Kier molecular flexibility index (Phi) is 5.12. The van der Waals surface area contributed by atoms with Gasteiger partial charge in [-0.1, -0.05) is 60.7 Å². The molecule has 0 fully saturated rings. The second-order valence-electron chi connectivity index (χ2n) is 5.75. The summed E-state index contributed by atoms with van der Waals surface area (Å²) in [6.07, 6.45) is -0.723. The molecular weight excluding hydrogens is 346 g/mol. The van der Waals surface area contributed by atoms with Gasteiger partial charge >= 0.3 is 11.8 Å². The fourth-order valence-electron chi connectivity index (χ4n) is 2.86. The Morgan fingerprint density at radius 3 is 2.11 bits per heavy atom. The third-order valence-corrected chi connectivity index (χ3v) is 4.06. The summed E-state index contributed by atoms with van der Waals surface area (Å²) >= 11 is 0. The summed E-state index contributed by atoms with van der Waals surface area (Å²) in [5.41, 5.74) is 2.27. The van der Waals surface area contributed by atoms with E-state index in [9.17, 15) is 14.9 Å². The van der Waals surface area contributed by atoms with E-state index < -0.39 is 11.0 Å². The maximum atomic E-state index is 12.0. The Balaban J connectivity index is 2.39. The predicted molar refractivity (Wildman–Crippen MR) is 103 cm³/mol. The molecule has 7 nitrogen and oxygen atoms in total. The molecule has 3 rings (SSSR count). The van der Waals surface area contributed by atoms with Crippen LogP contribution in [0.15, 0.2) is 60.7 Å². The fraction of sp³-hybridized carbons (Fsp3) is 0.100.